The molecule has 0 fully saturated rings. The number of carbonyl (C=O) groups is 1. The molecule has 0 saturated heterocycles. The molecular weight excluding hydrogens is 424 g/mol. The van der Waals surface area contributed by atoms with E-state index in [4.69, 9.17) is 0 Å². The Morgan fingerprint density at radius 1 is 1.13 bits per heavy atom. The number of anilines is 1. The summed E-state index contributed by atoms with van der Waals surface area (Å²) in [6, 6.07) is 8.28. The third-order valence-electron chi connectivity index (χ3n) is 5.68. The van der Waals surface area contributed by atoms with Gasteiger partial charge in [-0.3, -0.25) is 9.36 Å². The smallest absolute Gasteiger partial charge is 0.234 e. The fourth-order valence-electron chi connectivity index (χ4n) is 3.98. The van der Waals surface area contributed by atoms with Gasteiger partial charge in [-0.25, -0.2) is 0 Å². The summed E-state index contributed by atoms with van der Waals surface area (Å²) in [4.78, 5) is 14.0. The first-order valence-corrected chi connectivity index (χ1v) is 12.9. The average Bonchev–Trinajstić information content (AvgIpc) is 3.36. The Labute approximate surface area is 192 Å². The van der Waals surface area contributed by atoms with Gasteiger partial charge in [-0.2, -0.15) is 0 Å². The number of hydrogen-bond donors (Lipinski definition) is 1. The van der Waals surface area contributed by atoms with E-state index in [2.05, 4.69) is 65.3 Å². The predicted molar refractivity (Wildman–Crippen MR) is 130 cm³/mol. The molecular formula is C24H30N4OS2. The van der Waals surface area contributed by atoms with Gasteiger partial charge in [0.15, 0.2) is 11.0 Å². The van der Waals surface area contributed by atoms with Gasteiger partial charge in [-0.15, -0.1) is 21.5 Å². The van der Waals surface area contributed by atoms with Crippen LogP contribution in [0.2, 0.25) is 0 Å². The molecule has 2 aromatic heterocycles. The summed E-state index contributed by atoms with van der Waals surface area (Å²) in [5.74, 6) is 1.68. The van der Waals surface area contributed by atoms with Crippen LogP contribution >= 0.6 is 23.1 Å². The van der Waals surface area contributed by atoms with Crippen molar-refractivity contribution in [2.24, 2.45) is 0 Å². The molecule has 1 aliphatic rings. The zero-order chi connectivity index (χ0) is 22.0. The predicted octanol–water partition coefficient (Wildman–Crippen LogP) is 6.32. The fourth-order valence-corrected chi connectivity index (χ4v) is 5.98. The van der Waals surface area contributed by atoms with Crippen molar-refractivity contribution in [2.75, 3.05) is 11.1 Å². The van der Waals surface area contributed by atoms with Crippen LogP contribution in [-0.4, -0.2) is 26.4 Å². The number of nitrogens with one attached hydrogen (secondary N) is 1. The van der Waals surface area contributed by atoms with E-state index < -0.39 is 0 Å². The number of rotatable bonds is 7. The Morgan fingerprint density at radius 3 is 2.58 bits per heavy atom. The van der Waals surface area contributed by atoms with Gasteiger partial charge >= 0.3 is 0 Å². The molecule has 2 heterocycles. The minimum absolute atomic E-state index is 0.0323. The van der Waals surface area contributed by atoms with Crippen molar-refractivity contribution in [3.63, 3.8) is 0 Å². The Kier molecular flexibility index (Phi) is 6.82. The molecule has 1 amide bonds. The molecule has 0 aliphatic heterocycles. The number of aryl methyl sites for hydroxylation is 1. The second-order valence-corrected chi connectivity index (χ2v) is 10.5. The molecule has 164 valence electrons. The molecule has 31 heavy (non-hydrogen) atoms. The lowest BCUT2D eigenvalue weighted by molar-refractivity contribution is -0.113. The standard InChI is InChI=1S/C24H30N4OS2/c1-15(2)17-9-11-18(12-10-17)25-22(29)14-31-24-27-26-23(28(24)16(3)4)20-13-30-21-8-6-5-7-19(20)21/h9-13,15-16H,5-8,14H2,1-4H3,(H,25,29). The highest BCUT2D eigenvalue weighted by molar-refractivity contribution is 7.99. The largest absolute Gasteiger partial charge is 0.325 e. The average molecular weight is 455 g/mol. The fraction of sp³-hybridized carbons (Fsp3) is 0.458. The van der Waals surface area contributed by atoms with Crippen LogP contribution in [0.3, 0.4) is 0 Å². The minimum atomic E-state index is -0.0323. The van der Waals surface area contributed by atoms with E-state index in [1.165, 1.54) is 52.6 Å². The summed E-state index contributed by atoms with van der Waals surface area (Å²) in [5.41, 5.74) is 4.76. The quantitative estimate of drug-likeness (QED) is 0.424. The van der Waals surface area contributed by atoms with Gasteiger partial charge in [0.25, 0.3) is 0 Å². The summed E-state index contributed by atoms with van der Waals surface area (Å²) in [5, 5.41) is 15.0. The van der Waals surface area contributed by atoms with Gasteiger partial charge in [0.1, 0.15) is 0 Å². The normalized spacial score (nSPS) is 13.6. The number of hydrogen-bond acceptors (Lipinski definition) is 5. The van der Waals surface area contributed by atoms with Crippen molar-refractivity contribution in [1.29, 1.82) is 0 Å². The molecule has 3 aromatic rings. The number of thioether (sulfide) groups is 1. The SMILES string of the molecule is CC(C)c1ccc(NC(=O)CSc2nnc(-c3csc4c3CCCC4)n2C(C)C)cc1. The molecule has 0 unspecified atom stereocenters. The number of carbonyl (C=O) groups excluding carboxylic acids is 1. The maximum absolute atomic E-state index is 12.5. The van der Waals surface area contributed by atoms with Crippen LogP contribution < -0.4 is 5.32 Å². The van der Waals surface area contributed by atoms with Crippen molar-refractivity contribution in [3.05, 3.63) is 45.6 Å². The summed E-state index contributed by atoms with van der Waals surface area (Å²) >= 11 is 3.29. The molecule has 0 spiro atoms. The summed E-state index contributed by atoms with van der Waals surface area (Å²) < 4.78 is 2.17. The number of nitrogens with zero attached hydrogens (tertiary/aromatic N) is 3. The van der Waals surface area contributed by atoms with E-state index in [9.17, 15) is 4.79 Å². The third-order valence-corrected chi connectivity index (χ3v) is 7.71. The number of amides is 1. The molecule has 1 aromatic carbocycles. The van der Waals surface area contributed by atoms with Crippen LogP contribution in [0.4, 0.5) is 5.69 Å². The van der Waals surface area contributed by atoms with Crippen LogP contribution in [0.5, 0.6) is 0 Å². The Morgan fingerprint density at radius 2 is 1.87 bits per heavy atom. The first-order valence-electron chi connectivity index (χ1n) is 11.0. The topological polar surface area (TPSA) is 59.8 Å². The van der Waals surface area contributed by atoms with Crippen molar-refractivity contribution >= 4 is 34.7 Å². The Bertz CT molecular complexity index is 1050. The molecule has 5 nitrogen and oxygen atoms in total. The maximum Gasteiger partial charge on any atom is 0.234 e. The lowest BCUT2D eigenvalue weighted by Crippen LogP contribution is -2.15. The van der Waals surface area contributed by atoms with Crippen molar-refractivity contribution in [3.8, 4) is 11.4 Å². The van der Waals surface area contributed by atoms with E-state index >= 15 is 0 Å². The second-order valence-electron chi connectivity index (χ2n) is 8.64. The van der Waals surface area contributed by atoms with Crippen LogP contribution in [0.15, 0.2) is 34.8 Å². The van der Waals surface area contributed by atoms with Gasteiger partial charge in [-0.1, -0.05) is 37.7 Å². The number of thiophene rings is 1. The van der Waals surface area contributed by atoms with Gasteiger partial charge in [0, 0.05) is 27.5 Å². The Hall–Kier alpha value is -2.12. The van der Waals surface area contributed by atoms with Crippen LogP contribution in [0.1, 0.15) is 68.5 Å². The van der Waals surface area contributed by atoms with E-state index in [0.29, 0.717) is 11.7 Å². The van der Waals surface area contributed by atoms with E-state index in [-0.39, 0.29) is 11.9 Å². The Balaban J connectivity index is 1.46. The lowest BCUT2D eigenvalue weighted by atomic mass is 9.95. The molecule has 4 rings (SSSR count). The van der Waals surface area contributed by atoms with Gasteiger partial charge < -0.3 is 5.32 Å². The zero-order valence-corrected chi connectivity index (χ0v) is 20.3. The van der Waals surface area contributed by atoms with Crippen LogP contribution in [-0.2, 0) is 17.6 Å². The van der Waals surface area contributed by atoms with E-state index in [1.54, 1.807) is 0 Å². The third kappa shape index (κ3) is 4.88. The lowest BCUT2D eigenvalue weighted by Gasteiger charge is -2.16. The summed E-state index contributed by atoms with van der Waals surface area (Å²) in [6.45, 7) is 8.61. The van der Waals surface area contributed by atoms with Gasteiger partial charge in [0.2, 0.25) is 5.91 Å². The van der Waals surface area contributed by atoms with Crippen LogP contribution in [0.25, 0.3) is 11.4 Å². The summed E-state index contributed by atoms with van der Waals surface area (Å²) in [6.07, 6.45) is 4.82. The zero-order valence-electron chi connectivity index (χ0n) is 18.6. The number of fused-ring (bicyclic) bond motifs is 1. The summed E-state index contributed by atoms with van der Waals surface area (Å²) in [7, 11) is 0. The highest BCUT2D eigenvalue weighted by Crippen LogP contribution is 2.37. The maximum atomic E-state index is 12.5. The number of benzene rings is 1. The van der Waals surface area contributed by atoms with E-state index in [1.807, 2.05) is 23.5 Å². The van der Waals surface area contributed by atoms with E-state index in [0.717, 1.165) is 23.1 Å². The second kappa shape index (κ2) is 9.57. The minimum Gasteiger partial charge on any atom is -0.325 e. The highest BCUT2D eigenvalue weighted by Gasteiger charge is 2.23. The monoisotopic (exact) mass is 454 g/mol. The highest BCUT2D eigenvalue weighted by atomic mass is 32.2. The first kappa shape index (κ1) is 22.1. The van der Waals surface area contributed by atoms with Gasteiger partial charge in [0.05, 0.1) is 5.75 Å². The van der Waals surface area contributed by atoms with Crippen LogP contribution in [0, 0.1) is 0 Å². The molecule has 1 aliphatic carbocycles. The van der Waals surface area contributed by atoms with Crippen molar-refractivity contribution in [2.45, 2.75) is 70.5 Å². The molecule has 1 N–H and O–H groups in total. The molecule has 7 heteroatoms. The molecule has 0 atom stereocenters. The molecule has 0 radical (unpaired) electrons. The molecule has 0 saturated carbocycles. The number of aromatic nitrogens is 3. The molecule has 0 bridgehead atoms. The first-order chi connectivity index (χ1) is 14.9. The van der Waals surface area contributed by atoms with Gasteiger partial charge in [-0.05, 0) is 68.7 Å². The van der Waals surface area contributed by atoms with Crippen molar-refractivity contribution < 1.29 is 4.79 Å². The van der Waals surface area contributed by atoms with Crippen molar-refractivity contribution in [1.82, 2.24) is 14.8 Å².